The molecule has 8 N–H and O–H groups in total. The lowest BCUT2D eigenvalue weighted by Gasteiger charge is -2.37. The Hall–Kier alpha value is -13.5. The normalized spacial score (nSPS) is 11.7. The van der Waals surface area contributed by atoms with Crippen molar-refractivity contribution in [3.63, 3.8) is 0 Å². The fourth-order valence-electron chi connectivity index (χ4n) is 13.6. The van der Waals surface area contributed by atoms with Crippen LogP contribution >= 0.6 is 55.1 Å². The number of carbonyl (C=O) groups excluding carboxylic acids is 3. The Kier molecular flexibility index (Phi) is 38.2. The van der Waals surface area contributed by atoms with E-state index in [1.807, 2.05) is 173 Å². The number of carbonyl (C=O) groups is 3. The number of alkyl halides is 3. The number of hydrogen-bond acceptors (Lipinski definition) is 22. The zero-order valence-corrected chi connectivity index (χ0v) is 81.9. The summed E-state index contributed by atoms with van der Waals surface area (Å²) in [5.41, 5.74) is 21.5. The minimum Gasteiger partial charge on any atom is -0.481 e. The maximum atomic E-state index is 13.4. The Morgan fingerprint density at radius 3 is 1.53 bits per heavy atom. The molecule has 37 heteroatoms. The summed E-state index contributed by atoms with van der Waals surface area (Å²) in [7, 11) is 3.57. The summed E-state index contributed by atoms with van der Waals surface area (Å²) in [5, 5.41) is 49.3. The fourth-order valence-corrected chi connectivity index (χ4v) is 14.9. The highest BCUT2D eigenvalue weighted by Gasteiger charge is 2.37. The van der Waals surface area contributed by atoms with Crippen molar-refractivity contribution in [2.24, 2.45) is 7.05 Å². The summed E-state index contributed by atoms with van der Waals surface area (Å²) in [6.07, 6.45) is 3.37. The number of amides is 3. The number of rotatable bonds is 12. The van der Waals surface area contributed by atoms with E-state index in [1.54, 1.807) is 114 Å². The number of ether oxygens (including phenoxy) is 4. The monoisotopic (exact) mass is 2040 g/mol. The number of piperazine rings is 1. The van der Waals surface area contributed by atoms with Gasteiger partial charge in [-0.3, -0.25) is 43.9 Å². The fraction of sp³-hybridized carbons (Fsp3) is 0.267. The first-order valence-corrected chi connectivity index (χ1v) is 44.8. The number of nitriles is 1. The van der Waals surface area contributed by atoms with Gasteiger partial charge in [0, 0.05) is 149 Å². The lowest BCUT2D eigenvalue weighted by Crippen LogP contribution is -2.50. The van der Waals surface area contributed by atoms with Gasteiger partial charge >= 0.3 is 44.4 Å². The molecular weight excluding hydrogens is 1940 g/mol. The van der Waals surface area contributed by atoms with Gasteiger partial charge in [0.05, 0.1) is 121 Å². The largest absolute Gasteiger partial charge is 0.490 e. The van der Waals surface area contributed by atoms with Gasteiger partial charge in [-0.2, -0.15) is 18.4 Å². The number of nitrogens with zero attached hydrogens (tertiary/aromatic N) is 14. The first kappa shape index (κ1) is 110. The third-order valence-electron chi connectivity index (χ3n) is 21.0. The van der Waals surface area contributed by atoms with E-state index in [2.05, 4.69) is 90.9 Å². The Morgan fingerprint density at radius 1 is 0.565 bits per heavy atom. The highest BCUT2D eigenvalue weighted by Crippen LogP contribution is 2.41. The molecule has 720 valence electrons. The summed E-state index contributed by atoms with van der Waals surface area (Å²) in [4.78, 5) is 84.6. The smallest absolute Gasteiger partial charge is 0.481 e. The zero-order chi connectivity index (χ0) is 99.6. The number of fused-ring (bicyclic) bond motifs is 7. The molecule has 8 heterocycles. The van der Waals surface area contributed by atoms with Crippen LogP contribution in [0.1, 0.15) is 108 Å². The van der Waals surface area contributed by atoms with Gasteiger partial charge < -0.3 is 65.2 Å². The number of aryl methyl sites for hydroxylation is 1. The number of pyridine rings is 6. The van der Waals surface area contributed by atoms with E-state index in [-0.39, 0.29) is 44.1 Å². The number of para-hydroxylation sites is 2. The van der Waals surface area contributed by atoms with Crippen molar-refractivity contribution in [3.8, 4) is 28.8 Å². The van der Waals surface area contributed by atoms with E-state index in [0.717, 1.165) is 114 Å². The number of aromatic nitrogens is 8. The molecule has 15 aromatic rings. The quantitative estimate of drug-likeness (QED) is 0.0286. The van der Waals surface area contributed by atoms with E-state index in [4.69, 9.17) is 85.5 Å². The highest BCUT2D eigenvalue weighted by atomic mass is 79.9. The van der Waals surface area contributed by atoms with Gasteiger partial charge in [0.1, 0.15) is 5.60 Å². The number of nitrogens with two attached hydrogens (primary N) is 2. The third kappa shape index (κ3) is 28.4. The van der Waals surface area contributed by atoms with Crippen LogP contribution in [-0.2, 0) is 38.4 Å². The van der Waals surface area contributed by atoms with E-state index in [1.165, 1.54) is 52.4 Å². The average molecular weight is 2050 g/mol. The molecule has 0 saturated carbocycles. The van der Waals surface area contributed by atoms with Crippen molar-refractivity contribution in [3.05, 3.63) is 289 Å². The van der Waals surface area contributed by atoms with Gasteiger partial charge in [-0.25, -0.2) is 30.7 Å². The minimum absolute atomic E-state index is 0. The van der Waals surface area contributed by atoms with Gasteiger partial charge in [-0.1, -0.05) is 137 Å². The molecule has 3 amide bonds. The van der Waals surface area contributed by atoms with Crippen molar-refractivity contribution >= 4 is 192 Å². The van der Waals surface area contributed by atoms with Crippen molar-refractivity contribution < 1.29 is 66.6 Å². The van der Waals surface area contributed by atoms with Gasteiger partial charge in [-0.05, 0) is 206 Å². The van der Waals surface area contributed by atoms with Gasteiger partial charge in [0.15, 0.2) is 0 Å². The maximum absolute atomic E-state index is 13.4. The van der Waals surface area contributed by atoms with Crippen LogP contribution in [0.25, 0.3) is 87.2 Å². The molecule has 28 nitrogen and oxygen atoms in total. The molecular formula is C101H109B2Br2Cl2F3N16O12. The number of imidazole rings is 1. The van der Waals surface area contributed by atoms with Gasteiger partial charge in [-0.15, -0.1) is 0 Å². The number of benzene rings is 8. The van der Waals surface area contributed by atoms with Crippen LogP contribution in [0.15, 0.2) is 245 Å². The number of methoxy groups -OCH3 is 1. The summed E-state index contributed by atoms with van der Waals surface area (Å²) in [6.45, 7) is 28.7. The molecule has 8 aromatic carbocycles. The average Bonchev–Trinajstić information content (AvgIpc) is 1.58. The number of halogens is 7. The van der Waals surface area contributed by atoms with Crippen LogP contribution in [0, 0.1) is 17.9 Å². The van der Waals surface area contributed by atoms with Crippen LogP contribution in [0.3, 0.4) is 0 Å². The molecule has 0 atom stereocenters. The summed E-state index contributed by atoms with van der Waals surface area (Å²) in [6, 6.07) is 61.0. The van der Waals surface area contributed by atoms with Crippen LogP contribution in [0.4, 0.5) is 56.0 Å². The lowest BCUT2D eigenvalue weighted by atomic mass is 9.81. The maximum Gasteiger partial charge on any atom is 0.490 e. The topological polar surface area (TPSA) is 366 Å². The molecule has 0 aliphatic carbocycles. The molecule has 138 heavy (non-hydrogen) atoms. The molecule has 1 aliphatic rings. The molecule has 0 unspecified atom stereocenters. The Labute approximate surface area is 826 Å². The van der Waals surface area contributed by atoms with Crippen molar-refractivity contribution in [1.29, 1.82) is 5.26 Å². The first-order valence-electron chi connectivity index (χ1n) is 42.5. The zero-order valence-electron chi connectivity index (χ0n) is 77.2. The minimum atomic E-state index is -4.48. The number of nitrogen functional groups attached to an aromatic ring is 2. The predicted molar refractivity (Wildman–Crippen MR) is 554 cm³/mol. The van der Waals surface area contributed by atoms with Crippen LogP contribution in [0.5, 0.6) is 5.88 Å². The second-order valence-electron chi connectivity index (χ2n) is 33.7. The van der Waals surface area contributed by atoms with Crippen LogP contribution in [-0.4, -0.2) is 162 Å². The van der Waals surface area contributed by atoms with E-state index in [0.29, 0.717) is 64.4 Å². The van der Waals surface area contributed by atoms with Crippen molar-refractivity contribution in [2.75, 3.05) is 73.6 Å². The van der Waals surface area contributed by atoms with Crippen LogP contribution in [0.2, 0.25) is 10.0 Å². The molecule has 0 spiro atoms. The van der Waals surface area contributed by atoms with Crippen molar-refractivity contribution in [2.45, 2.75) is 126 Å². The molecule has 0 radical (unpaired) electrons. The van der Waals surface area contributed by atoms with Gasteiger partial charge in [0.25, 0.3) is 5.54 Å². The molecule has 1 fully saturated rings. The predicted octanol–water partition coefficient (Wildman–Crippen LogP) is 20.9. The van der Waals surface area contributed by atoms with E-state index in [9.17, 15) is 32.3 Å². The highest BCUT2D eigenvalue weighted by molar-refractivity contribution is 9.10. The molecule has 7 aromatic heterocycles. The van der Waals surface area contributed by atoms with E-state index < -0.39 is 60.8 Å². The second kappa shape index (κ2) is 48.0. The molecule has 16 rings (SSSR count). The number of anilines is 5. The Bertz CT molecular complexity index is 6830. The SMILES string of the molecule is C.C.CC(C)(C#N)c1ccc(N)cc1.CC(C)(C)OC(=O)N1CCN(c2ccc(N)cc2C(F)(F)F)CC1.CC(C)OC(=O)N(C)c1cnc2ccc(Br)cc2c1Cl.CC(C)OC(=O)N(C)c1cnc2ccc(Br)cc2c1Cl.COc1ccc(B(O)O)cn1.OB(O)c1cnc2ccccc2c1.[C-]#[N+]C(C)(C)c1ccc(-n2c(=O)n(C)c3cnc4ccc(-c5cnc6ccccc6c5)cc4c32)cc1. The summed E-state index contributed by atoms with van der Waals surface area (Å²) < 4.78 is 65.1. The summed E-state index contributed by atoms with van der Waals surface area (Å²) >= 11 is 19.6. The Morgan fingerprint density at radius 2 is 1.04 bits per heavy atom. The first-order chi connectivity index (χ1) is 64.2. The van der Waals surface area contributed by atoms with Crippen molar-refractivity contribution in [1.82, 2.24) is 43.9 Å². The Balaban J connectivity index is 0.000000205. The summed E-state index contributed by atoms with van der Waals surface area (Å²) in [5.74, 6) is 0.453. The molecule has 0 bridgehead atoms. The van der Waals surface area contributed by atoms with Crippen LogP contribution < -0.4 is 47.5 Å². The molecule has 1 aliphatic heterocycles. The van der Waals surface area contributed by atoms with Gasteiger partial charge in [0.2, 0.25) is 5.88 Å². The lowest BCUT2D eigenvalue weighted by molar-refractivity contribution is -0.137. The third-order valence-corrected chi connectivity index (χ3v) is 22.8. The standard InChI is InChI=1S/C30H23N5O.C16H22F3N3O2.2C14H14BrClN2O2.C10H12N2.C9H8BNO2.C6H8BNO3.2CH4/c1-30(2,31-3)22-10-12-23(13-11-22)35-28-24-16-19(21-15-20-7-5-6-8-25(20)32-17-21)9-14-26(24)33-18-27(28)34(4)29(35)36;1-15(2,3)24-14(23)22-8-6-21(7-9-22)13-5-4-11(20)10-12(13)16(17,18)19;2*1-8(2)20-14(19)18(3)12-7-17-11-5-4-9(15)6-10(11)13(12)16;1-10(2,7-11)8-3-5-9(12)6-4-8;12-10(13)8-5-7-3-1-2-4-9(7)11-6-8;1-11-6-3-2-5(4-8-6)7(9)10;;/h5-18H,1-2,4H3;4-5,10H,6-9,20H2,1-3H3;2*4-8H,1-3H3;3-6H,12H2,1-2H3;1-6,12-13H;2-4,9-10H,1H3;2*1H4. The second-order valence-corrected chi connectivity index (χ2v) is 36.3. The molecule has 1 saturated heterocycles. The van der Waals surface area contributed by atoms with E-state index >= 15 is 0 Å². The number of hydrogen-bond donors (Lipinski definition) is 6.